The third-order valence-electron chi connectivity index (χ3n) is 3.51. The summed E-state index contributed by atoms with van der Waals surface area (Å²) in [6, 6.07) is 16.7. The van der Waals surface area contributed by atoms with E-state index in [0.717, 1.165) is 31.0 Å². The van der Waals surface area contributed by atoms with Crippen molar-refractivity contribution >= 4 is 0 Å². The lowest BCUT2D eigenvalue weighted by atomic mass is 10.1. The number of benzene rings is 2. The van der Waals surface area contributed by atoms with Gasteiger partial charge in [0, 0.05) is 13.1 Å². The van der Waals surface area contributed by atoms with E-state index >= 15 is 0 Å². The second kappa shape index (κ2) is 5.97. The first-order chi connectivity index (χ1) is 9.81. The first-order valence-corrected chi connectivity index (χ1v) is 6.92. The van der Waals surface area contributed by atoms with Crippen LogP contribution in [-0.4, -0.2) is 25.3 Å². The van der Waals surface area contributed by atoms with Gasteiger partial charge in [0.25, 0.3) is 0 Å². The Morgan fingerprint density at radius 2 is 1.75 bits per heavy atom. The van der Waals surface area contributed by atoms with Gasteiger partial charge in [0.1, 0.15) is 0 Å². The molecule has 3 rings (SSSR count). The Balaban J connectivity index is 1.54. The van der Waals surface area contributed by atoms with E-state index in [0.29, 0.717) is 6.79 Å². The number of fused-ring (bicyclic) bond motifs is 1. The molecule has 0 N–H and O–H groups in total. The highest BCUT2D eigenvalue weighted by molar-refractivity contribution is 5.44. The van der Waals surface area contributed by atoms with E-state index in [1.165, 1.54) is 11.1 Å². The molecule has 0 aliphatic carbocycles. The smallest absolute Gasteiger partial charge is 0.231 e. The minimum Gasteiger partial charge on any atom is -0.454 e. The molecular formula is C17H19NO2. The van der Waals surface area contributed by atoms with E-state index < -0.39 is 0 Å². The molecule has 0 bridgehead atoms. The minimum absolute atomic E-state index is 0.340. The van der Waals surface area contributed by atoms with Crippen molar-refractivity contribution in [3.05, 3.63) is 59.7 Å². The molecule has 104 valence electrons. The van der Waals surface area contributed by atoms with Gasteiger partial charge in [0.2, 0.25) is 6.79 Å². The molecule has 0 radical (unpaired) electrons. The van der Waals surface area contributed by atoms with Gasteiger partial charge in [0.15, 0.2) is 11.5 Å². The number of hydrogen-bond acceptors (Lipinski definition) is 3. The molecule has 0 amide bonds. The molecule has 1 heterocycles. The van der Waals surface area contributed by atoms with Crippen LogP contribution in [0.4, 0.5) is 0 Å². The lowest BCUT2D eigenvalue weighted by Crippen LogP contribution is -2.20. The molecule has 0 saturated heterocycles. The standard InChI is InChI=1S/C17H19NO2/c1-18(12-15-5-3-2-4-6-15)10-9-14-7-8-16-17(11-14)20-13-19-16/h2-8,11H,9-10,12-13H2,1H3. The third kappa shape index (κ3) is 3.11. The lowest BCUT2D eigenvalue weighted by molar-refractivity contribution is 0.174. The number of likely N-dealkylation sites (N-methyl/N-ethyl adjacent to an activating group) is 1. The Hall–Kier alpha value is -2.00. The summed E-state index contributed by atoms with van der Waals surface area (Å²) in [6.07, 6.45) is 1.01. The van der Waals surface area contributed by atoms with Crippen LogP contribution in [0.5, 0.6) is 11.5 Å². The summed E-state index contributed by atoms with van der Waals surface area (Å²) >= 11 is 0. The Kier molecular flexibility index (Phi) is 3.88. The maximum atomic E-state index is 5.41. The van der Waals surface area contributed by atoms with Crippen LogP contribution in [0.2, 0.25) is 0 Å². The molecule has 0 atom stereocenters. The molecule has 0 unspecified atom stereocenters. The van der Waals surface area contributed by atoms with E-state index in [4.69, 9.17) is 9.47 Å². The van der Waals surface area contributed by atoms with Gasteiger partial charge in [-0.05, 0) is 36.7 Å². The van der Waals surface area contributed by atoms with Crippen LogP contribution >= 0.6 is 0 Å². The molecule has 2 aromatic rings. The van der Waals surface area contributed by atoms with Crippen LogP contribution in [0.15, 0.2) is 48.5 Å². The largest absolute Gasteiger partial charge is 0.454 e. The molecule has 20 heavy (non-hydrogen) atoms. The number of rotatable bonds is 5. The fraction of sp³-hybridized carbons (Fsp3) is 0.294. The number of hydrogen-bond donors (Lipinski definition) is 0. The molecule has 0 fully saturated rings. The van der Waals surface area contributed by atoms with Gasteiger partial charge in [-0.3, -0.25) is 0 Å². The molecule has 2 aromatic carbocycles. The molecule has 0 saturated carbocycles. The Morgan fingerprint density at radius 3 is 2.60 bits per heavy atom. The Labute approximate surface area is 119 Å². The SMILES string of the molecule is CN(CCc1ccc2c(c1)OCO2)Cc1ccccc1. The summed E-state index contributed by atoms with van der Waals surface area (Å²) in [7, 11) is 2.15. The summed E-state index contributed by atoms with van der Waals surface area (Å²) in [5, 5.41) is 0. The van der Waals surface area contributed by atoms with Gasteiger partial charge in [-0.2, -0.15) is 0 Å². The van der Waals surface area contributed by atoms with Crippen LogP contribution in [0.25, 0.3) is 0 Å². The van der Waals surface area contributed by atoms with Crippen LogP contribution in [0.3, 0.4) is 0 Å². The Bertz CT molecular complexity index is 568. The Morgan fingerprint density at radius 1 is 0.950 bits per heavy atom. The van der Waals surface area contributed by atoms with Crippen molar-refractivity contribution in [1.82, 2.24) is 4.90 Å². The topological polar surface area (TPSA) is 21.7 Å². The molecule has 3 nitrogen and oxygen atoms in total. The third-order valence-corrected chi connectivity index (χ3v) is 3.51. The molecule has 3 heteroatoms. The molecule has 1 aliphatic rings. The highest BCUT2D eigenvalue weighted by Crippen LogP contribution is 2.32. The fourth-order valence-electron chi connectivity index (χ4n) is 2.39. The van der Waals surface area contributed by atoms with Gasteiger partial charge >= 0.3 is 0 Å². The first kappa shape index (κ1) is 13.0. The van der Waals surface area contributed by atoms with E-state index in [1.807, 2.05) is 6.07 Å². The van der Waals surface area contributed by atoms with E-state index in [-0.39, 0.29) is 0 Å². The predicted octanol–water partition coefficient (Wildman–Crippen LogP) is 3.09. The second-order valence-electron chi connectivity index (χ2n) is 5.16. The van der Waals surface area contributed by atoms with Crippen LogP contribution < -0.4 is 9.47 Å². The first-order valence-electron chi connectivity index (χ1n) is 6.92. The van der Waals surface area contributed by atoms with Crippen molar-refractivity contribution in [3.63, 3.8) is 0 Å². The van der Waals surface area contributed by atoms with Crippen molar-refractivity contribution in [2.75, 3.05) is 20.4 Å². The highest BCUT2D eigenvalue weighted by Gasteiger charge is 2.13. The zero-order valence-corrected chi connectivity index (χ0v) is 11.7. The van der Waals surface area contributed by atoms with Gasteiger partial charge in [-0.25, -0.2) is 0 Å². The van der Waals surface area contributed by atoms with E-state index in [1.54, 1.807) is 0 Å². The maximum Gasteiger partial charge on any atom is 0.231 e. The number of ether oxygens (including phenoxy) is 2. The van der Waals surface area contributed by atoms with Crippen molar-refractivity contribution in [2.45, 2.75) is 13.0 Å². The minimum atomic E-state index is 0.340. The van der Waals surface area contributed by atoms with E-state index in [2.05, 4.69) is 54.4 Å². The monoisotopic (exact) mass is 269 g/mol. The summed E-state index contributed by atoms with van der Waals surface area (Å²) in [6.45, 7) is 2.34. The fourth-order valence-corrected chi connectivity index (χ4v) is 2.39. The molecule has 1 aliphatic heterocycles. The summed E-state index contributed by atoms with van der Waals surface area (Å²) in [5.41, 5.74) is 2.63. The van der Waals surface area contributed by atoms with Crippen LogP contribution in [0, 0.1) is 0 Å². The molecular weight excluding hydrogens is 250 g/mol. The van der Waals surface area contributed by atoms with Gasteiger partial charge in [-0.15, -0.1) is 0 Å². The summed E-state index contributed by atoms with van der Waals surface area (Å²) in [5.74, 6) is 1.72. The van der Waals surface area contributed by atoms with Crippen LogP contribution in [-0.2, 0) is 13.0 Å². The second-order valence-corrected chi connectivity index (χ2v) is 5.16. The van der Waals surface area contributed by atoms with Gasteiger partial charge in [-0.1, -0.05) is 36.4 Å². The average Bonchev–Trinajstić information content (AvgIpc) is 2.93. The molecule has 0 spiro atoms. The van der Waals surface area contributed by atoms with Crippen molar-refractivity contribution in [1.29, 1.82) is 0 Å². The summed E-state index contributed by atoms with van der Waals surface area (Å²) in [4.78, 5) is 2.33. The highest BCUT2D eigenvalue weighted by atomic mass is 16.7. The predicted molar refractivity (Wildman–Crippen MR) is 79.0 cm³/mol. The van der Waals surface area contributed by atoms with Gasteiger partial charge in [0.05, 0.1) is 0 Å². The maximum absolute atomic E-state index is 5.41. The zero-order valence-electron chi connectivity index (χ0n) is 11.7. The average molecular weight is 269 g/mol. The number of nitrogens with zero attached hydrogens (tertiary/aromatic N) is 1. The zero-order chi connectivity index (χ0) is 13.8. The van der Waals surface area contributed by atoms with E-state index in [9.17, 15) is 0 Å². The van der Waals surface area contributed by atoms with Crippen LogP contribution in [0.1, 0.15) is 11.1 Å². The van der Waals surface area contributed by atoms with Gasteiger partial charge < -0.3 is 14.4 Å². The molecule has 0 aromatic heterocycles. The normalized spacial score (nSPS) is 12.9. The van der Waals surface area contributed by atoms with Crippen molar-refractivity contribution in [3.8, 4) is 11.5 Å². The quantitative estimate of drug-likeness (QED) is 0.832. The summed E-state index contributed by atoms with van der Waals surface area (Å²) < 4.78 is 10.7. The van der Waals surface area contributed by atoms with Crippen molar-refractivity contribution in [2.24, 2.45) is 0 Å². The lowest BCUT2D eigenvalue weighted by Gasteiger charge is -2.16. The van der Waals surface area contributed by atoms with Crippen molar-refractivity contribution < 1.29 is 9.47 Å².